The molecule has 2 rings (SSSR count). The summed E-state index contributed by atoms with van der Waals surface area (Å²) in [7, 11) is 2.13. The van der Waals surface area contributed by atoms with E-state index in [1.54, 1.807) is 0 Å². The summed E-state index contributed by atoms with van der Waals surface area (Å²) in [6.07, 6.45) is 5.82. The van der Waals surface area contributed by atoms with Crippen LogP contribution in [0.3, 0.4) is 0 Å². The maximum absolute atomic E-state index is 2.35. The molecule has 0 radical (unpaired) electrons. The number of para-hydroxylation sites is 1. The van der Waals surface area contributed by atoms with Crippen LogP contribution in [0.15, 0.2) is 53.8 Å². The van der Waals surface area contributed by atoms with Crippen molar-refractivity contribution in [2.45, 2.75) is 20.3 Å². The van der Waals surface area contributed by atoms with E-state index in [9.17, 15) is 0 Å². The van der Waals surface area contributed by atoms with Crippen LogP contribution in [0.25, 0.3) is 0 Å². The van der Waals surface area contributed by atoms with Crippen molar-refractivity contribution in [2.24, 2.45) is 5.92 Å². The van der Waals surface area contributed by atoms with E-state index in [2.05, 4.69) is 68.3 Å². The van der Waals surface area contributed by atoms with Crippen molar-refractivity contribution in [2.75, 3.05) is 11.9 Å². The average Bonchev–Trinajstić information content (AvgIpc) is 2.28. The fourth-order valence-electron chi connectivity index (χ4n) is 2.23. The van der Waals surface area contributed by atoms with Gasteiger partial charge in [-0.3, -0.25) is 0 Å². The third-order valence-electron chi connectivity index (χ3n) is 3.02. The molecule has 1 aromatic rings. The summed E-state index contributed by atoms with van der Waals surface area (Å²) < 4.78 is 0. The third kappa shape index (κ3) is 2.35. The highest BCUT2D eigenvalue weighted by atomic mass is 15.1. The molecule has 0 amide bonds. The highest BCUT2D eigenvalue weighted by Crippen LogP contribution is 2.26. The van der Waals surface area contributed by atoms with Crippen LogP contribution in [0.4, 0.5) is 5.69 Å². The number of allylic oxidation sites excluding steroid dienone is 3. The Balaban J connectivity index is 2.26. The summed E-state index contributed by atoms with van der Waals surface area (Å²) >= 11 is 0. The third-order valence-corrected chi connectivity index (χ3v) is 3.02. The highest BCUT2D eigenvalue weighted by Gasteiger charge is 2.12. The van der Waals surface area contributed by atoms with Crippen LogP contribution in [-0.2, 0) is 0 Å². The lowest BCUT2D eigenvalue weighted by Gasteiger charge is -2.25. The van der Waals surface area contributed by atoms with E-state index in [1.807, 2.05) is 0 Å². The van der Waals surface area contributed by atoms with Crippen LogP contribution in [-0.4, -0.2) is 7.05 Å². The molecular formula is C15H19N. The first kappa shape index (κ1) is 11.0. The van der Waals surface area contributed by atoms with E-state index >= 15 is 0 Å². The standard InChI is InChI=1S/C15H19N/c1-12-9-13(2)11-15(10-12)16(3)14-7-5-4-6-8-14/h4-8,10-12H,9H2,1-3H3/t12-/m1/s1. The molecule has 0 aliphatic heterocycles. The minimum absolute atomic E-state index is 0.645. The van der Waals surface area contributed by atoms with Crippen LogP contribution in [0, 0.1) is 5.92 Å². The minimum atomic E-state index is 0.645. The van der Waals surface area contributed by atoms with E-state index in [4.69, 9.17) is 0 Å². The second-order valence-electron chi connectivity index (χ2n) is 4.66. The molecule has 1 aromatic carbocycles. The molecule has 0 aromatic heterocycles. The number of benzene rings is 1. The van der Waals surface area contributed by atoms with Crippen LogP contribution in [0.1, 0.15) is 20.3 Å². The summed E-state index contributed by atoms with van der Waals surface area (Å²) in [5.41, 5.74) is 4.02. The van der Waals surface area contributed by atoms with Gasteiger partial charge in [0, 0.05) is 18.4 Å². The fourth-order valence-corrected chi connectivity index (χ4v) is 2.23. The van der Waals surface area contributed by atoms with Crippen molar-refractivity contribution < 1.29 is 0 Å². The maximum atomic E-state index is 2.35. The van der Waals surface area contributed by atoms with Crippen molar-refractivity contribution in [3.8, 4) is 0 Å². The Morgan fingerprint density at radius 2 is 1.88 bits per heavy atom. The first-order valence-electron chi connectivity index (χ1n) is 5.84. The largest absolute Gasteiger partial charge is 0.345 e. The molecule has 0 saturated heterocycles. The van der Waals surface area contributed by atoms with Crippen molar-refractivity contribution in [3.05, 3.63) is 53.8 Å². The van der Waals surface area contributed by atoms with E-state index < -0.39 is 0 Å². The van der Waals surface area contributed by atoms with Crippen LogP contribution in [0.5, 0.6) is 0 Å². The Morgan fingerprint density at radius 3 is 2.50 bits per heavy atom. The SMILES string of the molecule is CC1=CC(N(C)c2ccccc2)=C[C@H](C)C1. The summed E-state index contributed by atoms with van der Waals surface area (Å²) in [6.45, 7) is 4.48. The first-order valence-corrected chi connectivity index (χ1v) is 5.84. The zero-order valence-electron chi connectivity index (χ0n) is 10.3. The lowest BCUT2D eigenvalue weighted by atomic mass is 9.95. The topological polar surface area (TPSA) is 3.24 Å². The van der Waals surface area contributed by atoms with E-state index in [0.717, 1.165) is 0 Å². The van der Waals surface area contributed by atoms with Gasteiger partial charge in [0.1, 0.15) is 0 Å². The zero-order valence-corrected chi connectivity index (χ0v) is 10.3. The molecule has 0 saturated carbocycles. The zero-order chi connectivity index (χ0) is 11.5. The Hall–Kier alpha value is -1.50. The Kier molecular flexibility index (Phi) is 3.14. The van der Waals surface area contributed by atoms with Crippen molar-refractivity contribution in [3.63, 3.8) is 0 Å². The van der Waals surface area contributed by atoms with Gasteiger partial charge in [-0.25, -0.2) is 0 Å². The van der Waals surface area contributed by atoms with Gasteiger partial charge < -0.3 is 4.90 Å². The molecule has 1 aliphatic rings. The number of rotatable bonds is 2. The summed E-state index contributed by atoms with van der Waals surface area (Å²) in [6, 6.07) is 10.5. The Labute approximate surface area is 98.1 Å². The van der Waals surface area contributed by atoms with Gasteiger partial charge in [0.25, 0.3) is 0 Å². The molecule has 0 bridgehead atoms. The lowest BCUT2D eigenvalue weighted by Crippen LogP contribution is -2.18. The van der Waals surface area contributed by atoms with Gasteiger partial charge in [0.2, 0.25) is 0 Å². The molecule has 0 unspecified atom stereocenters. The minimum Gasteiger partial charge on any atom is -0.345 e. The molecule has 0 N–H and O–H groups in total. The van der Waals surface area contributed by atoms with Crippen molar-refractivity contribution in [1.29, 1.82) is 0 Å². The van der Waals surface area contributed by atoms with Gasteiger partial charge >= 0.3 is 0 Å². The van der Waals surface area contributed by atoms with E-state index in [0.29, 0.717) is 5.92 Å². The fraction of sp³-hybridized carbons (Fsp3) is 0.333. The summed E-state index contributed by atoms with van der Waals surface area (Å²) in [5, 5.41) is 0. The predicted octanol–water partition coefficient (Wildman–Crippen LogP) is 3.99. The quantitative estimate of drug-likeness (QED) is 0.718. The number of hydrogen-bond acceptors (Lipinski definition) is 1. The van der Waals surface area contributed by atoms with Crippen LogP contribution in [0.2, 0.25) is 0 Å². The molecule has 1 atom stereocenters. The normalized spacial score (nSPS) is 20.1. The highest BCUT2D eigenvalue weighted by molar-refractivity contribution is 5.54. The van der Waals surface area contributed by atoms with Crippen LogP contribution >= 0.6 is 0 Å². The molecule has 1 heteroatoms. The monoisotopic (exact) mass is 213 g/mol. The van der Waals surface area contributed by atoms with Gasteiger partial charge in [-0.15, -0.1) is 0 Å². The van der Waals surface area contributed by atoms with Crippen molar-refractivity contribution in [1.82, 2.24) is 0 Å². The molecule has 1 nitrogen and oxygen atoms in total. The number of likely N-dealkylation sites (N-methyl/N-ethyl adjacent to an activating group) is 1. The van der Waals surface area contributed by atoms with Crippen molar-refractivity contribution >= 4 is 5.69 Å². The molecule has 0 fully saturated rings. The van der Waals surface area contributed by atoms with Gasteiger partial charge in [-0.2, -0.15) is 0 Å². The first-order chi connectivity index (χ1) is 7.66. The van der Waals surface area contributed by atoms with E-state index in [-0.39, 0.29) is 0 Å². The molecule has 1 aliphatic carbocycles. The summed E-state index contributed by atoms with van der Waals surface area (Å²) in [5.74, 6) is 0.645. The second-order valence-corrected chi connectivity index (χ2v) is 4.66. The number of nitrogens with zero attached hydrogens (tertiary/aromatic N) is 1. The number of hydrogen-bond donors (Lipinski definition) is 0. The van der Waals surface area contributed by atoms with Gasteiger partial charge in [-0.05, 0) is 37.5 Å². The molecule has 0 heterocycles. The smallest absolute Gasteiger partial charge is 0.0407 e. The molecular weight excluding hydrogens is 194 g/mol. The average molecular weight is 213 g/mol. The Bertz CT molecular complexity index is 414. The molecule has 16 heavy (non-hydrogen) atoms. The van der Waals surface area contributed by atoms with Gasteiger partial charge in [-0.1, -0.05) is 36.8 Å². The predicted molar refractivity (Wildman–Crippen MR) is 70.5 cm³/mol. The van der Waals surface area contributed by atoms with Crippen LogP contribution < -0.4 is 4.90 Å². The van der Waals surface area contributed by atoms with Gasteiger partial charge in [0.05, 0.1) is 0 Å². The lowest BCUT2D eigenvalue weighted by molar-refractivity contribution is 0.695. The maximum Gasteiger partial charge on any atom is 0.0407 e. The molecule has 0 spiro atoms. The number of anilines is 1. The Morgan fingerprint density at radius 1 is 1.19 bits per heavy atom. The van der Waals surface area contributed by atoms with Gasteiger partial charge in [0.15, 0.2) is 0 Å². The summed E-state index contributed by atoms with van der Waals surface area (Å²) in [4.78, 5) is 2.25. The second kappa shape index (κ2) is 4.56. The van der Waals surface area contributed by atoms with E-state index in [1.165, 1.54) is 23.4 Å². The molecule has 84 valence electrons.